The van der Waals surface area contributed by atoms with Crippen LogP contribution in [0.15, 0.2) is 12.2 Å². The average Bonchev–Trinajstić information content (AvgIpc) is 3.36. The Morgan fingerprint density at radius 3 is 0.829 bits per heavy atom. The van der Waals surface area contributed by atoms with Gasteiger partial charge in [-0.3, -0.25) is 4.79 Å². The molecule has 0 aliphatic carbocycles. The van der Waals surface area contributed by atoms with E-state index in [4.69, 9.17) is 0 Å². The lowest BCUT2D eigenvalue weighted by atomic mass is 10.0. The lowest BCUT2D eigenvalue weighted by molar-refractivity contribution is -0.124. The Kier molecular flexibility index (Phi) is 59.9. The van der Waals surface area contributed by atoms with Gasteiger partial charge in [-0.05, 0) is 19.3 Å². The van der Waals surface area contributed by atoms with Crippen LogP contribution in [0.3, 0.4) is 0 Å². The molecular formula is C65H129NO4. The molecule has 0 saturated carbocycles. The van der Waals surface area contributed by atoms with Gasteiger partial charge in [0.05, 0.1) is 31.3 Å². The fourth-order valence-electron chi connectivity index (χ4n) is 10.6. The molecule has 0 aromatic carbocycles. The van der Waals surface area contributed by atoms with Gasteiger partial charge in [0.25, 0.3) is 0 Å². The number of rotatable bonds is 61. The fraction of sp³-hybridized carbons (Fsp3) is 0.954. The quantitative estimate of drug-likeness (QED) is 0.0361. The van der Waals surface area contributed by atoms with E-state index in [0.717, 1.165) is 25.7 Å². The molecule has 5 nitrogen and oxygen atoms in total. The van der Waals surface area contributed by atoms with E-state index in [-0.39, 0.29) is 18.9 Å². The number of carbonyl (C=O) groups excluding carboxylic acids is 1. The number of allylic oxidation sites excluding steroid dienone is 1. The third-order valence-electron chi connectivity index (χ3n) is 15.6. The van der Waals surface area contributed by atoms with Crippen LogP contribution in [0.4, 0.5) is 0 Å². The van der Waals surface area contributed by atoms with Gasteiger partial charge in [0.2, 0.25) is 5.91 Å². The Morgan fingerprint density at radius 1 is 0.357 bits per heavy atom. The number of nitrogens with one attached hydrogen (secondary N) is 1. The minimum absolute atomic E-state index is 0.0198. The van der Waals surface area contributed by atoms with Crippen molar-refractivity contribution in [1.29, 1.82) is 0 Å². The molecule has 3 unspecified atom stereocenters. The largest absolute Gasteiger partial charge is 0.394 e. The zero-order valence-corrected chi connectivity index (χ0v) is 47.9. The standard InChI is InChI=1S/C65H129NO4/c1-3-5-7-9-11-13-15-17-19-21-23-25-26-27-28-29-30-31-32-33-34-35-36-37-38-39-40-42-44-46-48-50-52-54-56-58-62(68)60-65(70)66-63(61-67)64(69)59-57-55-53-51-49-47-45-43-41-24-22-20-18-16-14-12-10-8-6-4-2/h57,59,62-64,67-69H,3-56,58,60-61H2,1-2H3,(H,66,70)/b59-57+. The summed E-state index contributed by atoms with van der Waals surface area (Å²) in [6, 6.07) is -0.742. The van der Waals surface area contributed by atoms with Crippen LogP contribution in [0.25, 0.3) is 0 Å². The first-order valence-electron chi connectivity index (χ1n) is 32.5. The molecule has 0 bridgehead atoms. The molecule has 0 fully saturated rings. The van der Waals surface area contributed by atoms with Gasteiger partial charge >= 0.3 is 0 Å². The number of hydrogen-bond acceptors (Lipinski definition) is 4. The molecule has 0 aliphatic heterocycles. The smallest absolute Gasteiger partial charge is 0.222 e. The summed E-state index contributed by atoms with van der Waals surface area (Å²) in [4.78, 5) is 12.6. The minimum Gasteiger partial charge on any atom is -0.394 e. The van der Waals surface area contributed by atoms with E-state index in [0.29, 0.717) is 6.42 Å². The normalized spacial score (nSPS) is 13.2. The summed E-state index contributed by atoms with van der Waals surface area (Å²) in [5.41, 5.74) is 0. The fourth-order valence-corrected chi connectivity index (χ4v) is 10.6. The monoisotopic (exact) mass is 988 g/mol. The van der Waals surface area contributed by atoms with Crippen LogP contribution in [0.2, 0.25) is 0 Å². The van der Waals surface area contributed by atoms with Crippen LogP contribution >= 0.6 is 0 Å². The van der Waals surface area contributed by atoms with Gasteiger partial charge in [-0.25, -0.2) is 0 Å². The molecule has 0 radical (unpaired) electrons. The minimum atomic E-state index is -0.926. The van der Waals surface area contributed by atoms with Crippen molar-refractivity contribution in [3.8, 4) is 0 Å². The molecule has 0 aliphatic rings. The first-order chi connectivity index (χ1) is 34.5. The average molecular weight is 989 g/mol. The SMILES string of the molecule is CCCCCCCCCCCCCCCCCCCC/C=C/C(O)C(CO)NC(=O)CC(O)CCCCCCCCCCCCCCCCCCCCCCCCCCCCCCCCCCCCC. The van der Waals surface area contributed by atoms with E-state index in [1.165, 1.54) is 321 Å². The molecule has 418 valence electrons. The Balaban J connectivity index is 3.45. The maximum atomic E-state index is 12.6. The molecule has 3 atom stereocenters. The number of amides is 1. The first-order valence-corrected chi connectivity index (χ1v) is 32.5. The van der Waals surface area contributed by atoms with Crippen molar-refractivity contribution >= 4 is 5.91 Å². The van der Waals surface area contributed by atoms with Crippen LogP contribution in [0.5, 0.6) is 0 Å². The molecule has 4 N–H and O–H groups in total. The second-order valence-corrected chi connectivity index (χ2v) is 22.7. The molecule has 5 heteroatoms. The second kappa shape index (κ2) is 60.6. The van der Waals surface area contributed by atoms with Gasteiger partial charge in [0.15, 0.2) is 0 Å². The van der Waals surface area contributed by atoms with Gasteiger partial charge in [-0.15, -0.1) is 0 Å². The van der Waals surface area contributed by atoms with Gasteiger partial charge < -0.3 is 20.6 Å². The summed E-state index contributed by atoms with van der Waals surface area (Å²) in [6.07, 6.45) is 77.3. The summed E-state index contributed by atoms with van der Waals surface area (Å²) in [7, 11) is 0. The summed E-state index contributed by atoms with van der Waals surface area (Å²) in [5, 5.41) is 33.5. The molecule has 0 aromatic rings. The van der Waals surface area contributed by atoms with Crippen LogP contribution in [0, 0.1) is 0 Å². The Hall–Kier alpha value is -0.910. The van der Waals surface area contributed by atoms with Crippen LogP contribution < -0.4 is 5.32 Å². The van der Waals surface area contributed by atoms with Crippen LogP contribution in [-0.2, 0) is 4.79 Å². The number of aliphatic hydroxyl groups is 3. The highest BCUT2D eigenvalue weighted by Gasteiger charge is 2.20. The van der Waals surface area contributed by atoms with E-state index >= 15 is 0 Å². The van der Waals surface area contributed by atoms with Crippen LogP contribution in [0.1, 0.15) is 373 Å². The molecule has 0 saturated heterocycles. The molecular weight excluding hydrogens is 859 g/mol. The maximum Gasteiger partial charge on any atom is 0.222 e. The molecule has 0 spiro atoms. The highest BCUT2D eigenvalue weighted by Crippen LogP contribution is 2.19. The van der Waals surface area contributed by atoms with E-state index in [9.17, 15) is 20.1 Å². The van der Waals surface area contributed by atoms with E-state index in [1.54, 1.807) is 6.08 Å². The zero-order chi connectivity index (χ0) is 50.7. The summed E-state index contributed by atoms with van der Waals surface area (Å²) in [5.74, 6) is -0.307. The van der Waals surface area contributed by atoms with Crippen molar-refractivity contribution in [3.05, 3.63) is 12.2 Å². The highest BCUT2D eigenvalue weighted by atomic mass is 16.3. The third kappa shape index (κ3) is 56.4. The summed E-state index contributed by atoms with van der Waals surface area (Å²) < 4.78 is 0. The zero-order valence-electron chi connectivity index (χ0n) is 47.9. The second-order valence-electron chi connectivity index (χ2n) is 22.7. The lowest BCUT2D eigenvalue weighted by Gasteiger charge is -2.21. The van der Waals surface area contributed by atoms with Gasteiger partial charge in [0.1, 0.15) is 0 Å². The van der Waals surface area contributed by atoms with E-state index in [2.05, 4.69) is 19.2 Å². The molecule has 1 amide bonds. The predicted octanol–water partition coefficient (Wildman–Crippen LogP) is 20.6. The van der Waals surface area contributed by atoms with Crippen molar-refractivity contribution < 1.29 is 20.1 Å². The molecule has 0 heterocycles. The van der Waals surface area contributed by atoms with Gasteiger partial charge in [0, 0.05) is 0 Å². The first kappa shape index (κ1) is 69.1. The van der Waals surface area contributed by atoms with Crippen LogP contribution in [-0.4, -0.2) is 46.1 Å². The molecule has 0 rings (SSSR count). The van der Waals surface area contributed by atoms with Crippen molar-refractivity contribution in [2.75, 3.05) is 6.61 Å². The van der Waals surface area contributed by atoms with E-state index < -0.39 is 18.2 Å². The topological polar surface area (TPSA) is 89.8 Å². The number of carbonyl (C=O) groups is 1. The molecule has 0 aromatic heterocycles. The summed E-state index contributed by atoms with van der Waals surface area (Å²) >= 11 is 0. The lowest BCUT2D eigenvalue weighted by Crippen LogP contribution is -2.45. The van der Waals surface area contributed by atoms with Crippen molar-refractivity contribution in [3.63, 3.8) is 0 Å². The van der Waals surface area contributed by atoms with E-state index in [1.807, 2.05) is 6.08 Å². The third-order valence-corrected chi connectivity index (χ3v) is 15.6. The number of aliphatic hydroxyl groups excluding tert-OH is 3. The Morgan fingerprint density at radius 2 is 0.586 bits per heavy atom. The van der Waals surface area contributed by atoms with Gasteiger partial charge in [-0.1, -0.05) is 360 Å². The number of unbranched alkanes of at least 4 members (excludes halogenated alkanes) is 52. The van der Waals surface area contributed by atoms with Crippen molar-refractivity contribution in [2.45, 2.75) is 392 Å². The summed E-state index contributed by atoms with van der Waals surface area (Å²) in [6.45, 7) is 4.27. The molecule has 70 heavy (non-hydrogen) atoms. The predicted molar refractivity (Wildman–Crippen MR) is 310 cm³/mol. The highest BCUT2D eigenvalue weighted by molar-refractivity contribution is 5.76. The van der Waals surface area contributed by atoms with Crippen molar-refractivity contribution in [2.24, 2.45) is 0 Å². The van der Waals surface area contributed by atoms with Gasteiger partial charge in [-0.2, -0.15) is 0 Å². The maximum absolute atomic E-state index is 12.6. The Bertz CT molecular complexity index is 1000. The van der Waals surface area contributed by atoms with Crippen molar-refractivity contribution in [1.82, 2.24) is 5.32 Å². The Labute approximate surface area is 440 Å². The number of hydrogen-bond donors (Lipinski definition) is 4.